The quantitative estimate of drug-likeness (QED) is 0.687. The Morgan fingerprint density at radius 3 is 2.44 bits per heavy atom. The number of carbonyl (C=O) groups excluding carboxylic acids is 1. The molecule has 2 nitrogen and oxygen atoms in total. The van der Waals surface area contributed by atoms with Crippen LogP contribution in [0.2, 0.25) is 0 Å². The van der Waals surface area contributed by atoms with Gasteiger partial charge in [-0.3, -0.25) is 4.79 Å². The summed E-state index contributed by atoms with van der Waals surface area (Å²) in [7, 11) is 0. The van der Waals surface area contributed by atoms with Gasteiger partial charge in [0, 0.05) is 0 Å². The van der Waals surface area contributed by atoms with Crippen molar-refractivity contribution in [3.63, 3.8) is 0 Å². The Morgan fingerprint density at radius 2 is 1.94 bits per heavy atom. The average Bonchev–Trinajstić information content (AvgIpc) is 2.22. The van der Waals surface area contributed by atoms with E-state index >= 15 is 0 Å². The smallest absolute Gasteiger partial charge is 0.197 e. The molecule has 1 aromatic rings. The number of ketones is 1. The van der Waals surface area contributed by atoms with Gasteiger partial charge in [0.15, 0.2) is 11.6 Å². The number of halogens is 3. The maximum absolute atomic E-state index is 13.5. The van der Waals surface area contributed by atoms with Crippen LogP contribution in [0.1, 0.15) is 24.2 Å². The molecule has 88 valence electrons. The second kappa shape index (κ2) is 5.01. The third-order valence-corrected chi connectivity index (χ3v) is 2.80. The third-order valence-electron chi connectivity index (χ3n) is 2.19. The summed E-state index contributed by atoms with van der Waals surface area (Å²) in [6.07, 6.45) is -1.40. The Kier molecular flexibility index (Phi) is 4.15. The van der Waals surface area contributed by atoms with E-state index in [0.29, 0.717) is 0 Å². The zero-order valence-electron chi connectivity index (χ0n) is 8.80. The molecule has 1 atom stereocenters. The highest BCUT2D eigenvalue weighted by atomic mass is 79.9. The van der Waals surface area contributed by atoms with Gasteiger partial charge in [0.1, 0.15) is 11.9 Å². The average molecular weight is 293 g/mol. The predicted octanol–water partition coefficient (Wildman–Crippen LogP) is 2.93. The first-order valence-electron chi connectivity index (χ1n) is 4.72. The Bertz CT molecular complexity index is 419. The lowest BCUT2D eigenvalue weighted by atomic mass is 9.97. The largest absolute Gasteiger partial charge is 0.385 e. The van der Waals surface area contributed by atoms with E-state index in [0.717, 1.165) is 6.07 Å². The molecule has 1 N–H and O–H groups in total. The third kappa shape index (κ3) is 2.47. The lowest BCUT2D eigenvalue weighted by molar-refractivity contribution is 0.0638. The fraction of sp³-hybridized carbons (Fsp3) is 0.364. The molecule has 5 heteroatoms. The predicted molar refractivity (Wildman–Crippen MR) is 59.2 cm³/mol. The standard InChI is InChI=1S/C11H11BrF2O2/c1-5(2)10(15)11(16)8-7(13)4-3-6(12)9(8)14/h3-5,10,15H,1-2H3. The first kappa shape index (κ1) is 13.3. The van der Waals surface area contributed by atoms with Crippen LogP contribution in [-0.4, -0.2) is 17.0 Å². The Morgan fingerprint density at radius 1 is 1.38 bits per heavy atom. The summed E-state index contributed by atoms with van der Waals surface area (Å²) < 4.78 is 26.8. The molecule has 0 spiro atoms. The first-order valence-corrected chi connectivity index (χ1v) is 5.51. The van der Waals surface area contributed by atoms with E-state index in [1.165, 1.54) is 6.07 Å². The summed E-state index contributed by atoms with van der Waals surface area (Å²) >= 11 is 2.86. The van der Waals surface area contributed by atoms with Gasteiger partial charge in [-0.1, -0.05) is 13.8 Å². The second-order valence-electron chi connectivity index (χ2n) is 3.77. The van der Waals surface area contributed by atoms with Gasteiger partial charge < -0.3 is 5.11 Å². The van der Waals surface area contributed by atoms with Gasteiger partial charge in [0.05, 0.1) is 10.0 Å². The summed E-state index contributed by atoms with van der Waals surface area (Å²) in [5.74, 6) is -3.29. The highest BCUT2D eigenvalue weighted by Crippen LogP contribution is 2.23. The van der Waals surface area contributed by atoms with E-state index in [4.69, 9.17) is 0 Å². The minimum atomic E-state index is -1.40. The summed E-state index contributed by atoms with van der Waals surface area (Å²) in [6.45, 7) is 3.19. The molecule has 1 unspecified atom stereocenters. The molecule has 1 rings (SSSR count). The van der Waals surface area contributed by atoms with Gasteiger partial charge in [-0.25, -0.2) is 8.78 Å². The lowest BCUT2D eigenvalue weighted by Crippen LogP contribution is -2.28. The van der Waals surface area contributed by atoms with E-state index in [-0.39, 0.29) is 4.47 Å². The molecular formula is C11H11BrF2O2. The number of aliphatic hydroxyl groups is 1. The summed E-state index contributed by atoms with van der Waals surface area (Å²) in [6, 6.07) is 2.15. The number of hydrogen-bond donors (Lipinski definition) is 1. The van der Waals surface area contributed by atoms with Crippen molar-refractivity contribution in [3.05, 3.63) is 33.8 Å². The highest BCUT2D eigenvalue weighted by Gasteiger charge is 2.27. The summed E-state index contributed by atoms with van der Waals surface area (Å²) in [4.78, 5) is 11.6. The van der Waals surface area contributed by atoms with Crippen LogP contribution < -0.4 is 0 Å². The molecule has 0 radical (unpaired) electrons. The molecular weight excluding hydrogens is 282 g/mol. The van der Waals surface area contributed by atoms with Crippen LogP contribution in [0.4, 0.5) is 8.78 Å². The maximum atomic E-state index is 13.5. The van der Waals surface area contributed by atoms with Gasteiger partial charge in [-0.05, 0) is 34.0 Å². The van der Waals surface area contributed by atoms with E-state index in [1.807, 2.05) is 0 Å². The van der Waals surface area contributed by atoms with E-state index in [2.05, 4.69) is 15.9 Å². The molecule has 1 aromatic carbocycles. The number of hydrogen-bond acceptors (Lipinski definition) is 2. The molecule has 0 aromatic heterocycles. The van der Waals surface area contributed by atoms with Crippen LogP contribution in [0, 0.1) is 17.6 Å². The molecule has 0 heterocycles. The van der Waals surface area contributed by atoms with Gasteiger partial charge in [0.25, 0.3) is 0 Å². The van der Waals surface area contributed by atoms with Gasteiger partial charge >= 0.3 is 0 Å². The van der Waals surface area contributed by atoms with Crippen molar-refractivity contribution in [2.45, 2.75) is 20.0 Å². The number of rotatable bonds is 3. The van der Waals surface area contributed by atoms with Crippen LogP contribution in [0.3, 0.4) is 0 Å². The van der Waals surface area contributed by atoms with Crippen molar-refractivity contribution in [2.24, 2.45) is 5.92 Å². The van der Waals surface area contributed by atoms with Crippen LogP contribution in [0.25, 0.3) is 0 Å². The molecule has 16 heavy (non-hydrogen) atoms. The van der Waals surface area contributed by atoms with Gasteiger partial charge in [0.2, 0.25) is 0 Å². The molecule has 0 bridgehead atoms. The number of Topliss-reactive ketones (excluding diaryl/α,β-unsaturated/α-hetero) is 1. The summed E-state index contributed by atoms with van der Waals surface area (Å²) in [5, 5.41) is 9.49. The van der Waals surface area contributed by atoms with E-state index in [9.17, 15) is 18.7 Å². The van der Waals surface area contributed by atoms with Crippen LogP contribution in [0.5, 0.6) is 0 Å². The van der Waals surface area contributed by atoms with Gasteiger partial charge in [-0.2, -0.15) is 0 Å². The SMILES string of the molecule is CC(C)C(O)C(=O)c1c(F)ccc(Br)c1F. The number of benzene rings is 1. The van der Waals surface area contributed by atoms with Crippen molar-refractivity contribution >= 4 is 21.7 Å². The zero-order valence-corrected chi connectivity index (χ0v) is 10.4. The van der Waals surface area contributed by atoms with Crippen LogP contribution in [0.15, 0.2) is 16.6 Å². The molecule has 0 amide bonds. The number of carbonyl (C=O) groups is 1. The molecule has 0 saturated heterocycles. The molecule has 0 aliphatic heterocycles. The van der Waals surface area contributed by atoms with Crippen molar-refractivity contribution in [1.82, 2.24) is 0 Å². The highest BCUT2D eigenvalue weighted by molar-refractivity contribution is 9.10. The van der Waals surface area contributed by atoms with Crippen molar-refractivity contribution < 1.29 is 18.7 Å². The summed E-state index contributed by atoms with van der Waals surface area (Å²) in [5.41, 5.74) is -0.699. The van der Waals surface area contributed by atoms with Crippen molar-refractivity contribution in [1.29, 1.82) is 0 Å². The monoisotopic (exact) mass is 292 g/mol. The Hall–Kier alpha value is -0.810. The van der Waals surface area contributed by atoms with Gasteiger partial charge in [-0.15, -0.1) is 0 Å². The fourth-order valence-electron chi connectivity index (χ4n) is 1.20. The first-order chi connectivity index (χ1) is 7.36. The topological polar surface area (TPSA) is 37.3 Å². The Labute approximate surface area is 100 Å². The molecule has 0 aliphatic carbocycles. The van der Waals surface area contributed by atoms with Crippen LogP contribution in [-0.2, 0) is 0 Å². The lowest BCUT2D eigenvalue weighted by Gasteiger charge is -2.14. The second-order valence-corrected chi connectivity index (χ2v) is 4.63. The fourth-order valence-corrected chi connectivity index (χ4v) is 1.53. The molecule has 0 fully saturated rings. The van der Waals surface area contributed by atoms with Crippen LogP contribution >= 0.6 is 15.9 Å². The number of aliphatic hydroxyl groups excluding tert-OH is 1. The minimum absolute atomic E-state index is 0.00629. The normalized spacial score (nSPS) is 12.9. The van der Waals surface area contributed by atoms with Crippen molar-refractivity contribution in [3.8, 4) is 0 Å². The minimum Gasteiger partial charge on any atom is -0.385 e. The Balaban J connectivity index is 3.23. The maximum Gasteiger partial charge on any atom is 0.197 e. The zero-order chi connectivity index (χ0) is 12.5. The van der Waals surface area contributed by atoms with E-state index < -0.39 is 35.0 Å². The molecule has 0 saturated carbocycles. The molecule has 0 aliphatic rings. The van der Waals surface area contributed by atoms with E-state index in [1.54, 1.807) is 13.8 Å². The van der Waals surface area contributed by atoms with Crippen molar-refractivity contribution in [2.75, 3.05) is 0 Å².